The Kier molecular flexibility index (Phi) is 9.91. The minimum absolute atomic E-state index is 0. The lowest BCUT2D eigenvalue weighted by Gasteiger charge is -2.34. The van der Waals surface area contributed by atoms with Crippen LogP contribution in [0.5, 0.6) is 0 Å². The fraction of sp³-hybridized carbons (Fsp3) is 0.520. The van der Waals surface area contributed by atoms with Crippen LogP contribution >= 0.6 is 24.0 Å². The number of carbonyl (C=O) groups excluding carboxylic acids is 1. The van der Waals surface area contributed by atoms with Crippen LogP contribution in [0.3, 0.4) is 0 Å². The highest BCUT2D eigenvalue weighted by Crippen LogP contribution is 2.40. The van der Waals surface area contributed by atoms with E-state index in [1.165, 1.54) is 31.2 Å². The molecule has 1 saturated heterocycles. The van der Waals surface area contributed by atoms with Crippen LogP contribution in [0.25, 0.3) is 0 Å². The SMILES string of the molecule is CN=C(NCCC(=O)N1CCN(c2ncccn2)CC1)NCC1(c2ccccc2)CCCC1.I. The minimum Gasteiger partial charge on any atom is -0.356 e. The van der Waals surface area contributed by atoms with E-state index in [1.807, 2.05) is 11.0 Å². The van der Waals surface area contributed by atoms with E-state index >= 15 is 0 Å². The molecule has 1 saturated carbocycles. The summed E-state index contributed by atoms with van der Waals surface area (Å²) in [7, 11) is 1.78. The van der Waals surface area contributed by atoms with E-state index in [0.717, 1.165) is 31.5 Å². The number of aliphatic imine (C=N–C) groups is 1. The maximum atomic E-state index is 12.7. The third kappa shape index (κ3) is 6.58. The van der Waals surface area contributed by atoms with Crippen molar-refractivity contribution in [3.8, 4) is 0 Å². The van der Waals surface area contributed by atoms with Gasteiger partial charge in [-0.15, -0.1) is 24.0 Å². The van der Waals surface area contributed by atoms with Gasteiger partial charge in [-0.2, -0.15) is 0 Å². The molecule has 2 fully saturated rings. The van der Waals surface area contributed by atoms with Gasteiger partial charge in [0.15, 0.2) is 5.96 Å². The number of nitrogens with zero attached hydrogens (tertiary/aromatic N) is 5. The summed E-state index contributed by atoms with van der Waals surface area (Å²) in [6.07, 6.45) is 8.87. The highest BCUT2D eigenvalue weighted by atomic mass is 127. The van der Waals surface area contributed by atoms with Crippen molar-refractivity contribution in [3.63, 3.8) is 0 Å². The molecule has 1 aromatic carbocycles. The van der Waals surface area contributed by atoms with Crippen molar-refractivity contribution in [1.82, 2.24) is 25.5 Å². The molecule has 1 aliphatic heterocycles. The number of hydrogen-bond acceptors (Lipinski definition) is 5. The molecule has 2 N–H and O–H groups in total. The number of benzene rings is 1. The summed E-state index contributed by atoms with van der Waals surface area (Å²) >= 11 is 0. The summed E-state index contributed by atoms with van der Waals surface area (Å²) in [5, 5.41) is 6.85. The first kappa shape index (κ1) is 26.2. The number of carbonyl (C=O) groups is 1. The monoisotopic (exact) mass is 577 g/mol. The van der Waals surface area contributed by atoms with Gasteiger partial charge in [-0.25, -0.2) is 9.97 Å². The quantitative estimate of drug-likeness (QED) is 0.299. The van der Waals surface area contributed by atoms with Crippen molar-refractivity contribution >= 4 is 41.8 Å². The highest BCUT2D eigenvalue weighted by molar-refractivity contribution is 14.0. The van der Waals surface area contributed by atoms with Gasteiger partial charge in [0.25, 0.3) is 0 Å². The number of anilines is 1. The lowest BCUT2D eigenvalue weighted by molar-refractivity contribution is -0.131. The van der Waals surface area contributed by atoms with E-state index in [9.17, 15) is 4.79 Å². The number of hydrogen-bond donors (Lipinski definition) is 2. The molecule has 0 atom stereocenters. The van der Waals surface area contributed by atoms with Crippen LogP contribution in [-0.2, 0) is 10.2 Å². The van der Waals surface area contributed by atoms with Crippen LogP contribution in [0.4, 0.5) is 5.95 Å². The van der Waals surface area contributed by atoms with Gasteiger partial charge in [0.2, 0.25) is 11.9 Å². The molecular weight excluding hydrogens is 541 g/mol. The number of piperazine rings is 1. The molecule has 1 aliphatic carbocycles. The Balaban J connectivity index is 0.00000324. The van der Waals surface area contributed by atoms with Crippen LogP contribution in [0.15, 0.2) is 53.8 Å². The maximum absolute atomic E-state index is 12.7. The molecule has 1 amide bonds. The van der Waals surface area contributed by atoms with Crippen LogP contribution in [0.2, 0.25) is 0 Å². The minimum atomic E-state index is 0. The van der Waals surface area contributed by atoms with E-state index < -0.39 is 0 Å². The molecule has 4 rings (SSSR count). The smallest absolute Gasteiger partial charge is 0.225 e. The van der Waals surface area contributed by atoms with Crippen LogP contribution < -0.4 is 15.5 Å². The standard InChI is InChI=1S/C25H35N7O.HI/c1-26-23(30-20-25(11-5-6-12-25)21-8-3-2-4-9-21)27-15-10-22(33)31-16-18-32(19-17-31)24-28-13-7-14-29-24;/h2-4,7-9,13-14H,5-6,10-12,15-20H2,1H3,(H2,26,27,30);1H. The Morgan fingerprint density at radius 2 is 1.68 bits per heavy atom. The van der Waals surface area contributed by atoms with Crippen molar-refractivity contribution in [2.24, 2.45) is 4.99 Å². The first-order chi connectivity index (χ1) is 16.2. The Labute approximate surface area is 219 Å². The molecule has 0 radical (unpaired) electrons. The first-order valence-electron chi connectivity index (χ1n) is 12.0. The molecule has 1 aromatic heterocycles. The zero-order chi connectivity index (χ0) is 22.9. The largest absolute Gasteiger partial charge is 0.356 e. The first-order valence-corrected chi connectivity index (χ1v) is 12.0. The predicted octanol–water partition coefficient (Wildman–Crippen LogP) is 2.81. The summed E-state index contributed by atoms with van der Waals surface area (Å²) < 4.78 is 0. The second-order valence-corrected chi connectivity index (χ2v) is 8.87. The second kappa shape index (κ2) is 12.9. The summed E-state index contributed by atoms with van der Waals surface area (Å²) in [5.74, 6) is 1.66. The third-order valence-electron chi connectivity index (χ3n) is 6.86. The van der Waals surface area contributed by atoms with Gasteiger partial charge in [0, 0.05) is 70.5 Å². The molecule has 2 aliphatic rings. The molecule has 2 heterocycles. The van der Waals surface area contributed by atoms with E-state index in [0.29, 0.717) is 26.1 Å². The number of aromatic nitrogens is 2. The Morgan fingerprint density at radius 3 is 2.32 bits per heavy atom. The normalized spacial score (nSPS) is 17.7. The van der Waals surface area contributed by atoms with Crippen LogP contribution in [0, 0.1) is 0 Å². The van der Waals surface area contributed by atoms with Crippen molar-refractivity contribution in [1.29, 1.82) is 0 Å². The van der Waals surface area contributed by atoms with Crippen molar-refractivity contribution in [2.75, 3.05) is 51.2 Å². The van der Waals surface area contributed by atoms with E-state index in [-0.39, 0.29) is 35.3 Å². The van der Waals surface area contributed by atoms with Crippen LogP contribution in [-0.4, -0.2) is 73.1 Å². The van der Waals surface area contributed by atoms with Gasteiger partial charge in [0.05, 0.1) is 0 Å². The highest BCUT2D eigenvalue weighted by Gasteiger charge is 2.35. The number of nitrogens with one attached hydrogen (secondary N) is 2. The Bertz CT molecular complexity index is 911. The van der Waals surface area contributed by atoms with Crippen LogP contribution in [0.1, 0.15) is 37.7 Å². The molecule has 184 valence electrons. The molecule has 0 unspecified atom stereocenters. The van der Waals surface area contributed by atoms with E-state index in [1.54, 1.807) is 19.4 Å². The topological polar surface area (TPSA) is 85.8 Å². The molecule has 8 nitrogen and oxygen atoms in total. The lowest BCUT2D eigenvalue weighted by Crippen LogP contribution is -2.50. The van der Waals surface area contributed by atoms with Gasteiger partial charge in [-0.05, 0) is 24.5 Å². The molecule has 0 bridgehead atoms. The van der Waals surface area contributed by atoms with Gasteiger partial charge in [-0.1, -0.05) is 43.2 Å². The number of rotatable bonds is 7. The Morgan fingerprint density at radius 1 is 1.00 bits per heavy atom. The van der Waals surface area contributed by atoms with Gasteiger partial charge < -0.3 is 20.4 Å². The molecule has 0 spiro atoms. The number of amides is 1. The van der Waals surface area contributed by atoms with Gasteiger partial charge in [-0.3, -0.25) is 9.79 Å². The molecule has 9 heteroatoms. The second-order valence-electron chi connectivity index (χ2n) is 8.87. The summed E-state index contributed by atoms with van der Waals surface area (Å²) in [5.41, 5.74) is 1.57. The average Bonchev–Trinajstić information content (AvgIpc) is 3.37. The molecule has 34 heavy (non-hydrogen) atoms. The van der Waals surface area contributed by atoms with Crippen molar-refractivity contribution in [3.05, 3.63) is 54.4 Å². The summed E-state index contributed by atoms with van der Waals surface area (Å²) in [4.78, 5) is 29.7. The van der Waals surface area contributed by atoms with E-state index in [2.05, 4.69) is 60.8 Å². The fourth-order valence-electron chi connectivity index (χ4n) is 4.94. The fourth-order valence-corrected chi connectivity index (χ4v) is 4.94. The third-order valence-corrected chi connectivity index (χ3v) is 6.86. The van der Waals surface area contributed by atoms with Crippen molar-refractivity contribution < 1.29 is 4.79 Å². The van der Waals surface area contributed by atoms with E-state index in [4.69, 9.17) is 0 Å². The summed E-state index contributed by atoms with van der Waals surface area (Å²) in [6.45, 7) is 4.34. The predicted molar refractivity (Wildman–Crippen MR) is 147 cm³/mol. The zero-order valence-corrected chi connectivity index (χ0v) is 22.3. The lowest BCUT2D eigenvalue weighted by atomic mass is 9.79. The average molecular weight is 578 g/mol. The van der Waals surface area contributed by atoms with Gasteiger partial charge >= 0.3 is 0 Å². The maximum Gasteiger partial charge on any atom is 0.225 e. The van der Waals surface area contributed by atoms with Gasteiger partial charge in [0.1, 0.15) is 0 Å². The van der Waals surface area contributed by atoms with Crippen molar-refractivity contribution in [2.45, 2.75) is 37.5 Å². The zero-order valence-electron chi connectivity index (χ0n) is 19.9. The molecule has 2 aromatic rings. The molecular formula is C25H36IN7O. The Hall–Kier alpha value is -2.43. The number of halogens is 1. The summed E-state index contributed by atoms with van der Waals surface area (Å²) in [6, 6.07) is 12.6. The number of guanidine groups is 1.